The van der Waals surface area contributed by atoms with E-state index in [2.05, 4.69) is 44.4 Å². The van der Waals surface area contributed by atoms with Crippen molar-refractivity contribution in [3.63, 3.8) is 0 Å². The van der Waals surface area contributed by atoms with Gasteiger partial charge in [-0.1, -0.05) is 94.2 Å². The molecule has 2 aromatic carbocycles. The summed E-state index contributed by atoms with van der Waals surface area (Å²) in [5.74, 6) is -0.103. The van der Waals surface area contributed by atoms with Crippen LogP contribution < -0.4 is 16.2 Å². The Balaban J connectivity index is 0.00000364. The molecular weight excluding hydrogens is 563 g/mol. The van der Waals surface area contributed by atoms with E-state index in [4.69, 9.17) is 15.5 Å². The fourth-order valence-electron chi connectivity index (χ4n) is 4.01. The van der Waals surface area contributed by atoms with Crippen molar-refractivity contribution in [1.82, 2.24) is 0 Å². The van der Waals surface area contributed by atoms with Crippen LogP contribution in [0.25, 0.3) is 11.1 Å². The highest BCUT2D eigenvalue weighted by Crippen LogP contribution is 2.32. The molecule has 242 valence electrons. The number of methoxy groups -OCH3 is 1. The zero-order valence-corrected chi connectivity index (χ0v) is 27.6. The molecule has 1 amide bonds. The summed E-state index contributed by atoms with van der Waals surface area (Å²) in [5.41, 5.74) is 14.5. The molecule has 0 bridgehead atoms. The Morgan fingerprint density at radius 2 is 1.78 bits per heavy atom. The molecule has 6 nitrogen and oxygen atoms in total. The van der Waals surface area contributed by atoms with Gasteiger partial charge in [-0.05, 0) is 93.4 Å². The lowest BCUT2D eigenvalue weighted by atomic mass is 9.90. The Morgan fingerprint density at radius 1 is 1.09 bits per heavy atom. The summed E-state index contributed by atoms with van der Waals surface area (Å²) in [6.07, 6.45) is 17.6. The van der Waals surface area contributed by atoms with Crippen molar-refractivity contribution < 1.29 is 13.9 Å². The number of benzene rings is 2. The Kier molecular flexibility index (Phi) is 22.2. The van der Waals surface area contributed by atoms with Gasteiger partial charge in [-0.3, -0.25) is 4.79 Å². The van der Waals surface area contributed by atoms with E-state index in [0.29, 0.717) is 24.4 Å². The second kappa shape index (κ2) is 24.8. The highest BCUT2D eigenvalue weighted by Gasteiger charge is 2.19. The topological polar surface area (TPSA) is 103 Å². The molecule has 0 aliphatic rings. The number of hydrogen-bond donors (Lipinski definition) is 2. The summed E-state index contributed by atoms with van der Waals surface area (Å²) in [6, 6.07) is 13.7. The van der Waals surface area contributed by atoms with Crippen LogP contribution in [0.3, 0.4) is 0 Å². The molecule has 0 aliphatic heterocycles. The smallest absolute Gasteiger partial charge is 0.220 e. The first-order chi connectivity index (χ1) is 21.7. The average Bonchev–Trinajstić information content (AvgIpc) is 3.05. The monoisotopic (exact) mass is 614 g/mol. The minimum Gasteiger partial charge on any atom is -0.497 e. The maximum Gasteiger partial charge on any atom is 0.220 e. The molecule has 4 N–H and O–H groups in total. The molecule has 0 aliphatic carbocycles. The molecule has 0 spiro atoms. The zero-order chi connectivity index (χ0) is 34.0. The number of halogens is 1. The lowest BCUT2D eigenvalue weighted by Crippen LogP contribution is -2.25. The van der Waals surface area contributed by atoms with Gasteiger partial charge in [0.15, 0.2) is 5.84 Å². The van der Waals surface area contributed by atoms with Crippen LogP contribution >= 0.6 is 0 Å². The van der Waals surface area contributed by atoms with E-state index in [-0.39, 0.29) is 5.91 Å². The van der Waals surface area contributed by atoms with Crippen molar-refractivity contribution in [2.75, 3.05) is 14.2 Å². The van der Waals surface area contributed by atoms with E-state index in [0.717, 1.165) is 40.9 Å². The van der Waals surface area contributed by atoms with E-state index in [9.17, 15) is 9.18 Å². The Bertz CT molecular complexity index is 1370. The number of unbranched alkanes of at least 4 members (excludes halogenated alkanes) is 1. The first-order valence-electron chi connectivity index (χ1n) is 15.1. The van der Waals surface area contributed by atoms with Crippen LogP contribution in [0.15, 0.2) is 126 Å². The summed E-state index contributed by atoms with van der Waals surface area (Å²) < 4.78 is 18.1. The van der Waals surface area contributed by atoms with E-state index in [1.165, 1.54) is 19.5 Å². The van der Waals surface area contributed by atoms with Crippen molar-refractivity contribution >= 4 is 24.1 Å². The fourth-order valence-corrected chi connectivity index (χ4v) is 4.01. The SMILES string of the molecule is C=C/C(=C\C=C/C)C(N=C)=Nc1ccc(-c2cccc(OC)c2)cc1CC(CCC/C=C\C=C/C(=C)F)C(N)=O.CCC.CN. The number of amides is 1. The van der Waals surface area contributed by atoms with Gasteiger partial charge in [0.2, 0.25) is 5.91 Å². The largest absolute Gasteiger partial charge is 0.497 e. The van der Waals surface area contributed by atoms with Gasteiger partial charge in [0.1, 0.15) is 11.6 Å². The number of ether oxygens (including phenoxy) is 1. The van der Waals surface area contributed by atoms with Crippen LogP contribution in [0, 0.1) is 5.92 Å². The van der Waals surface area contributed by atoms with Gasteiger partial charge in [-0.15, -0.1) is 0 Å². The fraction of sp³-hybridized carbons (Fsp3) is 0.289. The number of allylic oxidation sites excluding steroid dienone is 8. The quantitative estimate of drug-likeness (QED) is 0.0904. The van der Waals surface area contributed by atoms with Gasteiger partial charge in [0.05, 0.1) is 12.8 Å². The average molecular weight is 615 g/mol. The van der Waals surface area contributed by atoms with Gasteiger partial charge < -0.3 is 16.2 Å². The molecule has 7 heteroatoms. The van der Waals surface area contributed by atoms with E-state index in [1.807, 2.05) is 73.7 Å². The van der Waals surface area contributed by atoms with Crippen molar-refractivity contribution in [3.8, 4) is 16.9 Å². The molecule has 0 aromatic heterocycles. The normalized spacial score (nSPS) is 12.2. The molecule has 0 saturated heterocycles. The predicted molar refractivity (Wildman–Crippen MR) is 193 cm³/mol. The number of nitrogens with zero attached hydrogens (tertiary/aromatic N) is 2. The molecular formula is C38H51FN4O2. The van der Waals surface area contributed by atoms with Crippen molar-refractivity contribution in [1.29, 1.82) is 0 Å². The zero-order valence-electron chi connectivity index (χ0n) is 27.6. The molecule has 45 heavy (non-hydrogen) atoms. The van der Waals surface area contributed by atoms with Crippen LogP contribution in [-0.4, -0.2) is 32.6 Å². The molecule has 1 unspecified atom stereocenters. The Labute approximate surface area is 270 Å². The summed E-state index contributed by atoms with van der Waals surface area (Å²) in [7, 11) is 3.13. The molecule has 0 heterocycles. The standard InChI is InChI=1S/C34H38FN3O2.C3H8.CH5N/c1-6-8-16-26(7-2)34(37-4)38-32-21-20-28(27-18-14-19-31(24-27)40-5)22-30(32)23-29(33(36)39)17-13-11-9-10-12-15-25(3)35;1-3-2;1-2/h6-10,12,14-16,18-22,24,29H,2-4,11,13,17,23H2,1,5H3,(H2,36,39);3H2,1-2H3;2H2,1H3/b8-6-,10-9-,15-12-,26-16+,38-34?;;. The number of rotatable bonds is 15. The van der Waals surface area contributed by atoms with Crippen LogP contribution in [0.4, 0.5) is 10.1 Å². The number of nitrogens with two attached hydrogens (primary N) is 2. The third-order valence-electron chi connectivity index (χ3n) is 6.12. The lowest BCUT2D eigenvalue weighted by Gasteiger charge is -2.16. The van der Waals surface area contributed by atoms with Crippen LogP contribution in [0.1, 0.15) is 52.0 Å². The number of aliphatic imine (C=N–C) groups is 2. The van der Waals surface area contributed by atoms with Crippen molar-refractivity contribution in [2.45, 2.75) is 52.9 Å². The number of carbonyl (C=O) groups is 1. The summed E-state index contributed by atoms with van der Waals surface area (Å²) >= 11 is 0. The number of amidine groups is 1. The van der Waals surface area contributed by atoms with E-state index < -0.39 is 11.7 Å². The van der Waals surface area contributed by atoms with Gasteiger partial charge in [-0.2, -0.15) is 0 Å². The minimum absolute atomic E-state index is 0.374. The molecule has 2 aromatic rings. The second-order valence-electron chi connectivity index (χ2n) is 9.70. The number of carbonyl (C=O) groups excluding carboxylic acids is 1. The molecule has 0 saturated carbocycles. The van der Waals surface area contributed by atoms with Gasteiger partial charge in [0, 0.05) is 11.5 Å². The lowest BCUT2D eigenvalue weighted by molar-refractivity contribution is -0.122. The molecule has 0 fully saturated rings. The third-order valence-corrected chi connectivity index (χ3v) is 6.12. The third kappa shape index (κ3) is 16.1. The summed E-state index contributed by atoms with van der Waals surface area (Å²) in [6.45, 7) is 16.9. The second-order valence-corrected chi connectivity index (χ2v) is 9.70. The highest BCUT2D eigenvalue weighted by molar-refractivity contribution is 6.04. The maximum atomic E-state index is 12.7. The number of primary amides is 1. The van der Waals surface area contributed by atoms with Gasteiger partial charge in [-0.25, -0.2) is 14.4 Å². The Hall–Kier alpha value is -4.62. The van der Waals surface area contributed by atoms with Gasteiger partial charge >= 0.3 is 0 Å². The van der Waals surface area contributed by atoms with E-state index >= 15 is 0 Å². The highest BCUT2D eigenvalue weighted by atomic mass is 19.1. The first-order valence-corrected chi connectivity index (χ1v) is 15.1. The number of hydrogen-bond acceptors (Lipinski definition) is 4. The van der Waals surface area contributed by atoms with Crippen LogP contribution in [0.2, 0.25) is 0 Å². The Morgan fingerprint density at radius 3 is 2.36 bits per heavy atom. The summed E-state index contributed by atoms with van der Waals surface area (Å²) in [4.78, 5) is 21.4. The van der Waals surface area contributed by atoms with Crippen molar-refractivity contribution in [2.24, 2.45) is 27.4 Å². The first kappa shape index (κ1) is 40.4. The van der Waals surface area contributed by atoms with E-state index in [1.54, 1.807) is 25.3 Å². The predicted octanol–water partition coefficient (Wildman–Crippen LogP) is 9.18. The van der Waals surface area contributed by atoms with Crippen LogP contribution in [0.5, 0.6) is 5.75 Å². The molecule has 2 rings (SSSR count). The minimum atomic E-state index is -0.500. The van der Waals surface area contributed by atoms with Crippen molar-refractivity contribution in [3.05, 3.63) is 121 Å². The molecule has 0 radical (unpaired) electrons. The maximum absolute atomic E-state index is 12.7. The van der Waals surface area contributed by atoms with Gasteiger partial charge in [0.25, 0.3) is 0 Å². The van der Waals surface area contributed by atoms with Crippen LogP contribution in [-0.2, 0) is 11.2 Å². The summed E-state index contributed by atoms with van der Waals surface area (Å²) in [5, 5.41) is 0. The molecule has 1 atom stereocenters.